The molecule has 5 fully saturated rings. The van der Waals surface area contributed by atoms with E-state index >= 15 is 0 Å². The zero-order chi connectivity index (χ0) is 19.9. The number of hydrogen-bond donors (Lipinski definition) is 3. The predicted octanol–water partition coefficient (Wildman–Crippen LogP) is 2.80. The molecule has 0 aromatic heterocycles. The van der Waals surface area contributed by atoms with Crippen LogP contribution in [0.15, 0.2) is 0 Å². The van der Waals surface area contributed by atoms with Gasteiger partial charge in [-0.25, -0.2) is 0 Å². The monoisotopic (exact) mass is 392 g/mol. The first-order valence-corrected chi connectivity index (χ1v) is 11.4. The number of carbonyl (C=O) groups is 1. The van der Waals surface area contributed by atoms with Crippen molar-refractivity contribution in [1.82, 2.24) is 0 Å². The topological polar surface area (TPSA) is 87.0 Å². The van der Waals surface area contributed by atoms with Gasteiger partial charge in [0, 0.05) is 12.3 Å². The molecular formula is C23H36O5. The number of fused-ring (bicyclic) bond motifs is 5. The Balaban J connectivity index is 1.46. The van der Waals surface area contributed by atoms with Gasteiger partial charge in [0.25, 0.3) is 0 Å². The van der Waals surface area contributed by atoms with E-state index in [0.717, 1.165) is 44.9 Å². The molecule has 28 heavy (non-hydrogen) atoms. The summed E-state index contributed by atoms with van der Waals surface area (Å²) in [4.78, 5) is 11.7. The molecule has 3 N–H and O–H groups in total. The lowest BCUT2D eigenvalue weighted by Gasteiger charge is -2.66. The summed E-state index contributed by atoms with van der Waals surface area (Å²) in [5, 5.41) is 33.8. The maximum Gasteiger partial charge on any atom is 0.306 e. The van der Waals surface area contributed by atoms with Crippen molar-refractivity contribution in [3.8, 4) is 0 Å². The Hall–Kier alpha value is -0.650. The van der Waals surface area contributed by atoms with E-state index in [4.69, 9.17) is 4.74 Å². The smallest absolute Gasteiger partial charge is 0.306 e. The normalized spacial score (nSPS) is 58.6. The standard InChI is InChI=1S/C23H36O5/c1-20-7-3-15(24)12-22(20,26)9-5-18-17(20)4-8-21(2)16(6-10-23(18,21)27)14-11-19(25)28-13-14/h14-18,24,26-27H,3-13H2,1-2H3/t14?,15-,16+,17-,18-,20+,21+,22-,23-/m0/s1. The first-order chi connectivity index (χ1) is 13.1. The van der Waals surface area contributed by atoms with Gasteiger partial charge in [0.05, 0.1) is 30.3 Å². The second kappa shape index (κ2) is 5.95. The minimum absolute atomic E-state index is 0.0891. The van der Waals surface area contributed by atoms with Gasteiger partial charge in [0.1, 0.15) is 0 Å². The van der Waals surface area contributed by atoms with E-state index in [9.17, 15) is 20.1 Å². The highest BCUT2D eigenvalue weighted by Gasteiger charge is 2.70. The molecule has 158 valence electrons. The zero-order valence-electron chi connectivity index (χ0n) is 17.3. The minimum atomic E-state index is -0.806. The Labute approximate surface area is 167 Å². The number of esters is 1. The number of aliphatic hydroxyl groups is 3. The van der Waals surface area contributed by atoms with Gasteiger partial charge in [0.2, 0.25) is 0 Å². The molecule has 4 saturated carbocycles. The summed E-state index contributed by atoms with van der Waals surface area (Å²) in [5.41, 5.74) is -1.92. The molecule has 0 bridgehead atoms. The Morgan fingerprint density at radius 1 is 0.893 bits per heavy atom. The lowest BCUT2D eigenvalue weighted by atomic mass is 9.41. The summed E-state index contributed by atoms with van der Waals surface area (Å²) in [6.07, 6.45) is 7.43. The highest BCUT2D eigenvalue weighted by Crippen LogP contribution is 2.70. The second-order valence-electron chi connectivity index (χ2n) is 11.3. The molecule has 1 aliphatic heterocycles. The molecule has 0 spiro atoms. The van der Waals surface area contributed by atoms with Crippen LogP contribution in [-0.4, -0.2) is 45.2 Å². The molecule has 5 aliphatic rings. The zero-order valence-corrected chi connectivity index (χ0v) is 17.3. The van der Waals surface area contributed by atoms with Crippen LogP contribution < -0.4 is 0 Å². The first-order valence-electron chi connectivity index (χ1n) is 11.4. The number of hydrogen-bond acceptors (Lipinski definition) is 5. The van der Waals surface area contributed by atoms with Gasteiger partial charge in [-0.2, -0.15) is 0 Å². The molecule has 1 saturated heterocycles. The quantitative estimate of drug-likeness (QED) is 0.598. The number of rotatable bonds is 1. The van der Waals surface area contributed by atoms with Crippen LogP contribution in [0, 0.1) is 34.5 Å². The Morgan fingerprint density at radius 3 is 2.29 bits per heavy atom. The van der Waals surface area contributed by atoms with E-state index in [-0.39, 0.29) is 28.6 Å². The maximum atomic E-state index is 12.1. The molecule has 0 amide bonds. The van der Waals surface area contributed by atoms with Crippen LogP contribution >= 0.6 is 0 Å². The van der Waals surface area contributed by atoms with E-state index < -0.39 is 17.3 Å². The molecule has 1 unspecified atom stereocenters. The van der Waals surface area contributed by atoms with Gasteiger partial charge >= 0.3 is 5.97 Å². The SMILES string of the molecule is C[C@]12CC[C@H](O)C[C@@]1(O)CC[C@H]1[C@@H]2CC[C@]2(C)[C@@H](C3COC(=O)C3)CC[C@]12O. The van der Waals surface area contributed by atoms with Crippen molar-refractivity contribution >= 4 is 5.97 Å². The van der Waals surface area contributed by atoms with Crippen LogP contribution in [0.4, 0.5) is 0 Å². The number of cyclic esters (lactones) is 1. The lowest BCUT2D eigenvalue weighted by Crippen LogP contribution is -2.67. The van der Waals surface area contributed by atoms with Crippen LogP contribution in [-0.2, 0) is 9.53 Å². The molecule has 0 radical (unpaired) electrons. The predicted molar refractivity (Wildman–Crippen MR) is 103 cm³/mol. The summed E-state index contributed by atoms with van der Waals surface area (Å²) in [6.45, 7) is 4.99. The van der Waals surface area contributed by atoms with E-state index in [1.807, 2.05) is 0 Å². The molecule has 0 aromatic carbocycles. The van der Waals surface area contributed by atoms with Crippen molar-refractivity contribution in [1.29, 1.82) is 0 Å². The molecule has 0 aromatic rings. The number of ether oxygens (including phenoxy) is 1. The maximum absolute atomic E-state index is 12.1. The average molecular weight is 393 g/mol. The van der Waals surface area contributed by atoms with Crippen molar-refractivity contribution in [2.45, 2.75) is 95.4 Å². The molecule has 1 heterocycles. The third-order valence-corrected chi connectivity index (χ3v) is 10.5. The average Bonchev–Trinajstić information content (AvgIpc) is 3.17. The molecular weight excluding hydrogens is 356 g/mol. The Morgan fingerprint density at radius 2 is 1.57 bits per heavy atom. The summed E-state index contributed by atoms with van der Waals surface area (Å²) in [5.74, 6) is 0.997. The largest absolute Gasteiger partial charge is 0.465 e. The van der Waals surface area contributed by atoms with Crippen molar-refractivity contribution in [3.63, 3.8) is 0 Å². The highest BCUT2D eigenvalue weighted by molar-refractivity contribution is 5.71. The molecule has 4 aliphatic carbocycles. The molecule has 5 nitrogen and oxygen atoms in total. The number of carbonyl (C=O) groups excluding carboxylic acids is 1. The Kier molecular flexibility index (Phi) is 4.11. The summed E-state index contributed by atoms with van der Waals surface area (Å²) < 4.78 is 5.27. The van der Waals surface area contributed by atoms with Crippen molar-refractivity contribution in [3.05, 3.63) is 0 Å². The van der Waals surface area contributed by atoms with E-state index in [1.165, 1.54) is 0 Å². The van der Waals surface area contributed by atoms with Gasteiger partial charge in [-0.15, -0.1) is 0 Å². The molecule has 9 atom stereocenters. The lowest BCUT2D eigenvalue weighted by molar-refractivity contribution is -0.257. The fourth-order valence-electron chi connectivity index (χ4n) is 8.79. The van der Waals surface area contributed by atoms with E-state index in [0.29, 0.717) is 37.7 Å². The Bertz CT molecular complexity index is 680. The van der Waals surface area contributed by atoms with Crippen molar-refractivity contribution in [2.24, 2.45) is 34.5 Å². The van der Waals surface area contributed by atoms with E-state index in [2.05, 4.69) is 13.8 Å². The van der Waals surface area contributed by atoms with Gasteiger partial charge in [-0.1, -0.05) is 13.8 Å². The van der Waals surface area contributed by atoms with Crippen LogP contribution in [0.3, 0.4) is 0 Å². The first kappa shape index (κ1) is 19.3. The third kappa shape index (κ3) is 2.27. The van der Waals surface area contributed by atoms with Gasteiger partial charge < -0.3 is 20.1 Å². The van der Waals surface area contributed by atoms with Crippen LogP contribution in [0.2, 0.25) is 0 Å². The van der Waals surface area contributed by atoms with Gasteiger partial charge in [-0.05, 0) is 80.0 Å². The van der Waals surface area contributed by atoms with Gasteiger partial charge in [-0.3, -0.25) is 4.79 Å². The highest BCUT2D eigenvalue weighted by atomic mass is 16.5. The van der Waals surface area contributed by atoms with Crippen LogP contribution in [0.25, 0.3) is 0 Å². The van der Waals surface area contributed by atoms with Crippen molar-refractivity contribution < 1.29 is 24.9 Å². The van der Waals surface area contributed by atoms with Crippen LogP contribution in [0.1, 0.15) is 78.1 Å². The fraction of sp³-hybridized carbons (Fsp3) is 0.957. The van der Waals surface area contributed by atoms with Crippen molar-refractivity contribution in [2.75, 3.05) is 6.61 Å². The molecule has 5 rings (SSSR count). The fourth-order valence-corrected chi connectivity index (χ4v) is 8.79. The van der Waals surface area contributed by atoms with E-state index in [1.54, 1.807) is 0 Å². The summed E-state index contributed by atoms with van der Waals surface area (Å²) in [6, 6.07) is 0. The number of aliphatic hydroxyl groups excluding tert-OH is 1. The summed E-state index contributed by atoms with van der Waals surface area (Å²) in [7, 11) is 0. The minimum Gasteiger partial charge on any atom is -0.465 e. The van der Waals surface area contributed by atoms with Gasteiger partial charge in [0.15, 0.2) is 0 Å². The molecule has 5 heteroatoms. The van der Waals surface area contributed by atoms with Crippen LogP contribution in [0.5, 0.6) is 0 Å². The summed E-state index contributed by atoms with van der Waals surface area (Å²) >= 11 is 0. The third-order valence-electron chi connectivity index (χ3n) is 10.5. The second-order valence-corrected chi connectivity index (χ2v) is 11.3.